The van der Waals surface area contributed by atoms with Crippen LogP contribution in [0.25, 0.3) is 0 Å². The maximum Gasteiger partial charge on any atom is 0.309 e. The van der Waals surface area contributed by atoms with Gasteiger partial charge in [-0.3, -0.25) is 4.79 Å². The molecule has 1 fully saturated rings. The topological polar surface area (TPSA) is 63.7 Å². The molecule has 0 aliphatic carbocycles. The fourth-order valence-corrected chi connectivity index (χ4v) is 5.77. The van der Waals surface area contributed by atoms with Gasteiger partial charge in [-0.2, -0.15) is 4.31 Å². The van der Waals surface area contributed by atoms with Crippen LogP contribution < -0.4 is 0 Å². The van der Waals surface area contributed by atoms with E-state index in [4.69, 9.17) is 4.74 Å². The first-order valence-electron chi connectivity index (χ1n) is 5.78. The van der Waals surface area contributed by atoms with Gasteiger partial charge in [-0.15, -0.1) is 11.3 Å². The van der Waals surface area contributed by atoms with Gasteiger partial charge in [0, 0.05) is 13.1 Å². The van der Waals surface area contributed by atoms with E-state index in [0.29, 0.717) is 23.6 Å². The van der Waals surface area contributed by atoms with Crippen LogP contribution in [0.3, 0.4) is 0 Å². The molecule has 2 rings (SSSR count). The largest absolute Gasteiger partial charge is 0.469 e. The molecule has 0 bridgehead atoms. The number of carbonyl (C=O) groups excluding carboxylic acids is 1. The lowest BCUT2D eigenvalue weighted by atomic mass is 10.0. The summed E-state index contributed by atoms with van der Waals surface area (Å²) in [6, 6.07) is 3.28. The van der Waals surface area contributed by atoms with E-state index < -0.39 is 10.0 Å². The van der Waals surface area contributed by atoms with E-state index >= 15 is 0 Å². The lowest BCUT2D eigenvalue weighted by molar-refractivity contribution is -0.146. The Labute approximate surface area is 124 Å². The average Bonchev–Trinajstić information content (AvgIpc) is 2.85. The molecule has 0 spiro atoms. The van der Waals surface area contributed by atoms with Gasteiger partial charge in [-0.1, -0.05) is 0 Å². The molecule has 1 saturated heterocycles. The molecule has 1 aliphatic rings. The number of sulfonamides is 1. The molecule has 0 saturated carbocycles. The Morgan fingerprint density at radius 2 is 2.26 bits per heavy atom. The lowest BCUT2D eigenvalue weighted by Gasteiger charge is -2.29. The van der Waals surface area contributed by atoms with E-state index in [-0.39, 0.29) is 18.4 Å². The summed E-state index contributed by atoms with van der Waals surface area (Å²) in [4.78, 5) is 11.5. The molecule has 1 aliphatic heterocycles. The molecule has 1 unspecified atom stereocenters. The average molecular weight is 368 g/mol. The molecule has 19 heavy (non-hydrogen) atoms. The van der Waals surface area contributed by atoms with Crippen molar-refractivity contribution in [2.24, 2.45) is 5.92 Å². The van der Waals surface area contributed by atoms with E-state index in [9.17, 15) is 13.2 Å². The minimum Gasteiger partial charge on any atom is -0.469 e. The van der Waals surface area contributed by atoms with Gasteiger partial charge >= 0.3 is 5.97 Å². The summed E-state index contributed by atoms with van der Waals surface area (Å²) in [6.45, 7) is 0.649. The number of esters is 1. The van der Waals surface area contributed by atoms with Crippen LogP contribution in [0.5, 0.6) is 0 Å². The zero-order chi connectivity index (χ0) is 14.0. The molecule has 0 N–H and O–H groups in total. The van der Waals surface area contributed by atoms with Gasteiger partial charge in [-0.25, -0.2) is 8.42 Å². The second-order valence-electron chi connectivity index (χ2n) is 4.28. The smallest absolute Gasteiger partial charge is 0.309 e. The first kappa shape index (κ1) is 15.0. The summed E-state index contributed by atoms with van der Waals surface area (Å²) in [5.74, 6) is -0.704. The number of hydrogen-bond acceptors (Lipinski definition) is 5. The Kier molecular flexibility index (Phi) is 4.65. The molecule has 8 heteroatoms. The summed E-state index contributed by atoms with van der Waals surface area (Å²) < 4.78 is 32.0. The molecular weight excluding hydrogens is 354 g/mol. The number of halogens is 1. The second-order valence-corrected chi connectivity index (χ2v) is 8.91. The first-order valence-corrected chi connectivity index (χ1v) is 8.83. The van der Waals surface area contributed by atoms with Crippen molar-refractivity contribution in [2.45, 2.75) is 17.1 Å². The van der Waals surface area contributed by atoms with E-state index in [2.05, 4.69) is 15.9 Å². The van der Waals surface area contributed by atoms with Gasteiger partial charge < -0.3 is 4.74 Å². The van der Waals surface area contributed by atoms with Crippen molar-refractivity contribution in [1.82, 2.24) is 4.31 Å². The quantitative estimate of drug-likeness (QED) is 0.767. The maximum atomic E-state index is 12.4. The summed E-state index contributed by atoms with van der Waals surface area (Å²) >= 11 is 4.43. The molecule has 0 radical (unpaired) electrons. The van der Waals surface area contributed by atoms with Crippen molar-refractivity contribution in [3.05, 3.63) is 15.9 Å². The third-order valence-corrected chi connectivity index (χ3v) is 7.02. The number of rotatable bonds is 3. The molecule has 1 aromatic heterocycles. The molecular formula is C11H14BrNO4S2. The zero-order valence-corrected chi connectivity index (χ0v) is 13.6. The third kappa shape index (κ3) is 3.18. The van der Waals surface area contributed by atoms with Gasteiger partial charge in [0.15, 0.2) is 0 Å². The fraction of sp³-hybridized carbons (Fsp3) is 0.545. The van der Waals surface area contributed by atoms with Crippen LogP contribution in [0.4, 0.5) is 0 Å². The highest BCUT2D eigenvalue weighted by atomic mass is 79.9. The normalized spacial score (nSPS) is 21.3. The SMILES string of the molecule is COC(=O)C1CCCN(S(=O)(=O)c2ccc(Br)s2)C1. The number of hydrogen-bond donors (Lipinski definition) is 0. The van der Waals surface area contributed by atoms with E-state index in [1.165, 1.54) is 22.8 Å². The van der Waals surface area contributed by atoms with Crippen LogP contribution in [0, 0.1) is 5.92 Å². The maximum absolute atomic E-state index is 12.4. The van der Waals surface area contributed by atoms with Crippen molar-refractivity contribution in [2.75, 3.05) is 20.2 Å². The third-order valence-electron chi connectivity index (χ3n) is 3.06. The molecule has 2 heterocycles. The van der Waals surface area contributed by atoms with E-state index in [1.807, 2.05) is 0 Å². The molecule has 106 valence electrons. The minimum absolute atomic E-state index is 0.199. The van der Waals surface area contributed by atoms with Crippen molar-refractivity contribution in [1.29, 1.82) is 0 Å². The Hall–Kier alpha value is -0.440. The van der Waals surface area contributed by atoms with E-state index in [0.717, 1.165) is 3.79 Å². The van der Waals surface area contributed by atoms with Crippen LogP contribution in [0.15, 0.2) is 20.1 Å². The van der Waals surface area contributed by atoms with Crippen LogP contribution in [0.1, 0.15) is 12.8 Å². The van der Waals surface area contributed by atoms with Crippen molar-refractivity contribution in [3.8, 4) is 0 Å². The Balaban J connectivity index is 2.19. The number of ether oxygens (including phenoxy) is 1. The van der Waals surface area contributed by atoms with Crippen LogP contribution in [-0.4, -0.2) is 38.9 Å². The summed E-state index contributed by atoms with van der Waals surface area (Å²) in [5, 5.41) is 0. The first-order chi connectivity index (χ1) is 8.95. The Morgan fingerprint density at radius 3 is 2.84 bits per heavy atom. The second kappa shape index (κ2) is 5.90. The summed E-state index contributed by atoms with van der Waals surface area (Å²) in [5.41, 5.74) is 0. The Bertz CT molecular complexity index is 569. The molecule has 1 atom stereocenters. The fourth-order valence-electron chi connectivity index (χ4n) is 2.08. The molecule has 0 aromatic carbocycles. The van der Waals surface area contributed by atoms with Gasteiger partial charge in [0.05, 0.1) is 16.8 Å². The standard InChI is InChI=1S/C11H14BrNO4S2/c1-17-11(14)8-3-2-6-13(7-8)19(15,16)10-5-4-9(12)18-10/h4-5,8H,2-3,6-7H2,1H3. The van der Waals surface area contributed by atoms with Crippen LogP contribution >= 0.6 is 27.3 Å². The van der Waals surface area contributed by atoms with Gasteiger partial charge in [-0.05, 0) is 40.9 Å². The molecule has 1 aromatic rings. The van der Waals surface area contributed by atoms with Gasteiger partial charge in [0.2, 0.25) is 0 Å². The predicted octanol–water partition coefficient (Wildman–Crippen LogP) is 2.08. The number of carbonyl (C=O) groups is 1. The van der Waals surface area contributed by atoms with E-state index in [1.54, 1.807) is 12.1 Å². The summed E-state index contributed by atoms with van der Waals surface area (Å²) in [6.07, 6.45) is 1.35. The van der Waals surface area contributed by atoms with Crippen LogP contribution in [0.2, 0.25) is 0 Å². The van der Waals surface area contributed by atoms with Crippen molar-refractivity contribution in [3.63, 3.8) is 0 Å². The van der Waals surface area contributed by atoms with Crippen molar-refractivity contribution >= 4 is 43.3 Å². The highest BCUT2D eigenvalue weighted by Gasteiger charge is 2.34. The Morgan fingerprint density at radius 1 is 1.53 bits per heavy atom. The highest BCUT2D eigenvalue weighted by molar-refractivity contribution is 9.11. The lowest BCUT2D eigenvalue weighted by Crippen LogP contribution is -2.42. The molecule has 5 nitrogen and oxygen atoms in total. The number of methoxy groups -OCH3 is 1. The minimum atomic E-state index is -3.50. The van der Waals surface area contributed by atoms with Gasteiger partial charge in [0.25, 0.3) is 10.0 Å². The monoisotopic (exact) mass is 367 g/mol. The number of piperidine rings is 1. The number of nitrogens with zero attached hydrogens (tertiary/aromatic N) is 1. The summed E-state index contributed by atoms with van der Waals surface area (Å²) in [7, 11) is -2.18. The van der Waals surface area contributed by atoms with Gasteiger partial charge in [0.1, 0.15) is 4.21 Å². The zero-order valence-electron chi connectivity index (χ0n) is 10.3. The highest BCUT2D eigenvalue weighted by Crippen LogP contribution is 2.30. The predicted molar refractivity (Wildman–Crippen MR) is 75.5 cm³/mol. The van der Waals surface area contributed by atoms with Crippen LogP contribution in [-0.2, 0) is 19.6 Å². The molecule has 0 amide bonds. The number of thiophene rings is 1. The van der Waals surface area contributed by atoms with Crippen molar-refractivity contribution < 1.29 is 17.9 Å².